The lowest BCUT2D eigenvalue weighted by Crippen LogP contribution is -2.40. The molecular formula is C15H13F3N2O4. The molecule has 6 nitrogen and oxygen atoms in total. The lowest BCUT2D eigenvalue weighted by Gasteiger charge is -2.26. The number of rotatable bonds is 4. The van der Waals surface area contributed by atoms with Crippen LogP contribution in [-0.4, -0.2) is 10.8 Å². The zero-order valence-electron chi connectivity index (χ0n) is 12.7. The predicted molar refractivity (Wildman–Crippen MR) is 77.3 cm³/mol. The summed E-state index contributed by atoms with van der Waals surface area (Å²) >= 11 is 0. The topological polar surface area (TPSA) is 85.4 Å². The number of halogens is 3. The van der Waals surface area contributed by atoms with Gasteiger partial charge in [0.15, 0.2) is 5.76 Å². The Labute approximate surface area is 134 Å². The van der Waals surface area contributed by atoms with Crippen LogP contribution in [-0.2, 0) is 11.7 Å². The molecule has 9 heteroatoms. The molecule has 0 bridgehead atoms. The van der Waals surface area contributed by atoms with Crippen molar-refractivity contribution in [2.75, 3.05) is 0 Å². The minimum atomic E-state index is -4.45. The summed E-state index contributed by atoms with van der Waals surface area (Å²) in [5, 5.41) is 13.1. The van der Waals surface area contributed by atoms with Gasteiger partial charge in [0.2, 0.25) is 0 Å². The number of hydrogen-bond acceptors (Lipinski definition) is 4. The highest BCUT2D eigenvalue weighted by Crippen LogP contribution is 2.31. The number of carbonyl (C=O) groups is 1. The Morgan fingerprint density at radius 2 is 1.62 bits per heavy atom. The third-order valence-corrected chi connectivity index (χ3v) is 3.36. The molecule has 0 aliphatic rings. The number of nitro groups is 1. The van der Waals surface area contributed by atoms with Gasteiger partial charge in [-0.05, 0) is 37.6 Å². The first kappa shape index (κ1) is 17.5. The first-order chi connectivity index (χ1) is 11.0. The maximum atomic E-state index is 12.6. The number of hydrogen-bond donors (Lipinski definition) is 1. The third-order valence-electron chi connectivity index (χ3n) is 3.36. The smallest absolute Gasteiger partial charge is 0.395 e. The van der Waals surface area contributed by atoms with E-state index in [0.29, 0.717) is 5.56 Å². The highest BCUT2D eigenvalue weighted by molar-refractivity contribution is 5.92. The average molecular weight is 342 g/mol. The van der Waals surface area contributed by atoms with Crippen LogP contribution in [0.25, 0.3) is 0 Å². The summed E-state index contributed by atoms with van der Waals surface area (Å²) in [6, 6.07) is 6.54. The fourth-order valence-electron chi connectivity index (χ4n) is 2.04. The Morgan fingerprint density at radius 1 is 1.08 bits per heavy atom. The van der Waals surface area contributed by atoms with Crippen molar-refractivity contribution in [2.24, 2.45) is 0 Å². The number of nitrogens with one attached hydrogen (secondary N) is 1. The van der Waals surface area contributed by atoms with Gasteiger partial charge < -0.3 is 9.73 Å². The van der Waals surface area contributed by atoms with E-state index >= 15 is 0 Å². The molecule has 2 rings (SSSR count). The van der Waals surface area contributed by atoms with E-state index in [2.05, 4.69) is 5.32 Å². The lowest BCUT2D eigenvalue weighted by molar-refractivity contribution is -0.402. The first-order valence-corrected chi connectivity index (χ1v) is 6.75. The quantitative estimate of drug-likeness (QED) is 0.675. The minimum absolute atomic E-state index is 0.262. The number of furan rings is 1. The molecule has 0 aliphatic heterocycles. The Bertz CT molecular complexity index is 764. The van der Waals surface area contributed by atoms with E-state index in [1.165, 1.54) is 12.1 Å². The van der Waals surface area contributed by atoms with Crippen LogP contribution in [0.2, 0.25) is 0 Å². The molecule has 2 aromatic rings. The zero-order valence-corrected chi connectivity index (χ0v) is 12.7. The van der Waals surface area contributed by atoms with E-state index in [1.54, 1.807) is 13.8 Å². The number of nitrogens with zero attached hydrogens (tertiary/aromatic N) is 1. The third kappa shape index (κ3) is 3.73. The number of carbonyl (C=O) groups excluding carboxylic acids is 1. The molecule has 0 fully saturated rings. The highest BCUT2D eigenvalue weighted by Gasteiger charge is 2.31. The molecule has 1 N–H and O–H groups in total. The standard InChI is InChI=1S/C15H13F3N2O4/c1-14(2,9-3-5-10(6-4-9)15(16,17)18)19-13(21)11-7-8-12(24-11)20(22)23/h3-8H,1-2H3,(H,19,21). The molecule has 128 valence electrons. The van der Waals surface area contributed by atoms with Gasteiger partial charge in [0, 0.05) is 0 Å². The second-order valence-electron chi connectivity index (χ2n) is 5.55. The zero-order chi connectivity index (χ0) is 18.1. The number of amides is 1. The summed E-state index contributed by atoms with van der Waals surface area (Å²) in [5.41, 5.74) is -1.37. The minimum Gasteiger partial charge on any atom is -0.395 e. The van der Waals surface area contributed by atoms with Crippen LogP contribution >= 0.6 is 0 Å². The number of alkyl halides is 3. The van der Waals surface area contributed by atoms with E-state index < -0.39 is 34.0 Å². The second-order valence-corrected chi connectivity index (χ2v) is 5.55. The van der Waals surface area contributed by atoms with Gasteiger partial charge in [-0.15, -0.1) is 0 Å². The molecule has 24 heavy (non-hydrogen) atoms. The van der Waals surface area contributed by atoms with Crippen molar-refractivity contribution < 1.29 is 27.3 Å². The lowest BCUT2D eigenvalue weighted by atomic mass is 9.93. The SMILES string of the molecule is CC(C)(NC(=O)c1ccc([N+](=O)[O-])o1)c1ccc(C(F)(F)F)cc1. The molecule has 0 radical (unpaired) electrons. The van der Waals surface area contributed by atoms with E-state index in [0.717, 1.165) is 24.3 Å². The van der Waals surface area contributed by atoms with Crippen LogP contribution in [0.3, 0.4) is 0 Å². The van der Waals surface area contributed by atoms with Crippen LogP contribution in [0.5, 0.6) is 0 Å². The Balaban J connectivity index is 2.17. The van der Waals surface area contributed by atoms with Crippen LogP contribution < -0.4 is 5.32 Å². The molecule has 1 aromatic heterocycles. The van der Waals surface area contributed by atoms with Crippen molar-refractivity contribution in [3.63, 3.8) is 0 Å². The summed E-state index contributed by atoms with van der Waals surface area (Å²) < 4.78 is 42.5. The van der Waals surface area contributed by atoms with Gasteiger partial charge in [-0.1, -0.05) is 12.1 Å². The van der Waals surface area contributed by atoms with Crippen molar-refractivity contribution in [1.29, 1.82) is 0 Å². The Morgan fingerprint density at radius 3 is 2.08 bits per heavy atom. The van der Waals surface area contributed by atoms with Gasteiger partial charge in [0.05, 0.1) is 17.2 Å². The molecule has 1 heterocycles. The summed E-state index contributed by atoms with van der Waals surface area (Å²) in [4.78, 5) is 21.9. The molecule has 0 atom stereocenters. The average Bonchev–Trinajstić information content (AvgIpc) is 2.96. The molecule has 0 saturated carbocycles. The van der Waals surface area contributed by atoms with Crippen molar-refractivity contribution in [3.8, 4) is 0 Å². The highest BCUT2D eigenvalue weighted by atomic mass is 19.4. The maximum Gasteiger partial charge on any atom is 0.433 e. The van der Waals surface area contributed by atoms with Crippen LogP contribution in [0.4, 0.5) is 19.1 Å². The number of benzene rings is 1. The maximum absolute atomic E-state index is 12.6. The van der Waals surface area contributed by atoms with E-state index in [1.807, 2.05) is 0 Å². The van der Waals surface area contributed by atoms with Gasteiger partial charge in [-0.3, -0.25) is 14.9 Å². The van der Waals surface area contributed by atoms with Crippen molar-refractivity contribution >= 4 is 11.8 Å². The van der Waals surface area contributed by atoms with Crippen LogP contribution in [0, 0.1) is 10.1 Å². The van der Waals surface area contributed by atoms with Crippen molar-refractivity contribution in [2.45, 2.75) is 25.6 Å². The fraction of sp³-hybridized carbons (Fsp3) is 0.267. The summed E-state index contributed by atoms with van der Waals surface area (Å²) in [6.07, 6.45) is -4.45. The Kier molecular flexibility index (Phi) is 4.37. The summed E-state index contributed by atoms with van der Waals surface area (Å²) in [7, 11) is 0. The van der Waals surface area contributed by atoms with Gasteiger partial charge in [0.25, 0.3) is 5.91 Å². The van der Waals surface area contributed by atoms with Crippen molar-refractivity contribution in [1.82, 2.24) is 5.32 Å². The predicted octanol–water partition coefficient (Wildman–Crippen LogP) is 3.87. The second kappa shape index (κ2) is 5.99. The van der Waals surface area contributed by atoms with E-state index in [9.17, 15) is 28.1 Å². The normalized spacial score (nSPS) is 12.0. The molecule has 0 aliphatic carbocycles. The van der Waals surface area contributed by atoms with Crippen LogP contribution in [0.15, 0.2) is 40.8 Å². The van der Waals surface area contributed by atoms with Crippen LogP contribution in [0.1, 0.15) is 35.5 Å². The van der Waals surface area contributed by atoms with E-state index in [4.69, 9.17) is 4.42 Å². The summed E-state index contributed by atoms with van der Waals surface area (Å²) in [6.45, 7) is 3.18. The largest absolute Gasteiger partial charge is 0.433 e. The van der Waals surface area contributed by atoms with Gasteiger partial charge >= 0.3 is 12.1 Å². The molecule has 1 aromatic carbocycles. The fourth-order valence-corrected chi connectivity index (χ4v) is 2.04. The molecule has 0 unspecified atom stereocenters. The van der Waals surface area contributed by atoms with Gasteiger partial charge in [-0.2, -0.15) is 13.2 Å². The first-order valence-electron chi connectivity index (χ1n) is 6.75. The van der Waals surface area contributed by atoms with Crippen molar-refractivity contribution in [3.05, 3.63) is 63.4 Å². The van der Waals surface area contributed by atoms with Gasteiger partial charge in [-0.25, -0.2) is 0 Å². The van der Waals surface area contributed by atoms with E-state index in [-0.39, 0.29) is 5.76 Å². The molecule has 0 spiro atoms. The molecular weight excluding hydrogens is 329 g/mol. The molecule has 1 amide bonds. The Hall–Kier alpha value is -2.84. The monoisotopic (exact) mass is 342 g/mol. The van der Waals surface area contributed by atoms with Gasteiger partial charge in [0.1, 0.15) is 4.92 Å². The molecule has 0 saturated heterocycles. The summed E-state index contributed by atoms with van der Waals surface area (Å²) in [5.74, 6) is -1.55.